The van der Waals surface area contributed by atoms with Crippen molar-refractivity contribution in [1.29, 1.82) is 0 Å². The van der Waals surface area contributed by atoms with Crippen molar-refractivity contribution in [2.75, 3.05) is 46.4 Å². The number of aliphatic imine (C=N–C) groups is 1. The third kappa shape index (κ3) is 8.00. The van der Waals surface area contributed by atoms with E-state index in [0.717, 1.165) is 51.0 Å². The van der Waals surface area contributed by atoms with Crippen LogP contribution in [0.3, 0.4) is 0 Å². The molecule has 2 fully saturated rings. The van der Waals surface area contributed by atoms with Crippen LogP contribution in [0.2, 0.25) is 0 Å². The van der Waals surface area contributed by atoms with Gasteiger partial charge in [0.25, 0.3) is 0 Å². The van der Waals surface area contributed by atoms with E-state index in [-0.39, 0.29) is 35.8 Å². The lowest BCUT2D eigenvalue weighted by Gasteiger charge is -2.26. The van der Waals surface area contributed by atoms with Gasteiger partial charge in [0.1, 0.15) is 0 Å². The summed E-state index contributed by atoms with van der Waals surface area (Å²) in [5, 5.41) is 6.29. The predicted molar refractivity (Wildman–Crippen MR) is 108 cm³/mol. The van der Waals surface area contributed by atoms with E-state index in [9.17, 15) is 4.79 Å². The van der Waals surface area contributed by atoms with Crippen LogP contribution in [0.5, 0.6) is 0 Å². The van der Waals surface area contributed by atoms with Gasteiger partial charge in [-0.1, -0.05) is 0 Å². The van der Waals surface area contributed by atoms with Gasteiger partial charge < -0.3 is 20.3 Å². The third-order valence-corrected chi connectivity index (χ3v) is 4.53. The molecule has 2 aliphatic rings. The smallest absolute Gasteiger partial charge is 0.223 e. The minimum absolute atomic E-state index is 0. The summed E-state index contributed by atoms with van der Waals surface area (Å²) in [6, 6.07) is 0. The average Bonchev–Trinajstić information content (AvgIpc) is 3.41. The minimum atomic E-state index is 0. The van der Waals surface area contributed by atoms with Gasteiger partial charge in [-0.25, -0.2) is 0 Å². The number of guanidine groups is 1. The molecule has 1 saturated carbocycles. The van der Waals surface area contributed by atoms with Gasteiger partial charge in [-0.15, -0.1) is 24.0 Å². The van der Waals surface area contributed by atoms with Gasteiger partial charge in [-0.2, -0.15) is 0 Å². The van der Waals surface area contributed by atoms with Crippen LogP contribution < -0.4 is 10.6 Å². The Morgan fingerprint density at radius 3 is 2.54 bits per heavy atom. The number of carbonyl (C=O) groups excluding carboxylic acids is 1. The van der Waals surface area contributed by atoms with Crippen molar-refractivity contribution >= 4 is 35.8 Å². The summed E-state index contributed by atoms with van der Waals surface area (Å²) in [6.07, 6.45) is 5.63. The number of hydrogen-bond donors (Lipinski definition) is 2. The zero-order valence-electron chi connectivity index (χ0n) is 15.1. The van der Waals surface area contributed by atoms with Crippen LogP contribution in [-0.4, -0.2) is 63.2 Å². The highest BCUT2D eigenvalue weighted by Gasteiger charge is 2.28. The van der Waals surface area contributed by atoms with Gasteiger partial charge >= 0.3 is 0 Å². The van der Waals surface area contributed by atoms with Gasteiger partial charge in [0.05, 0.1) is 6.54 Å². The Bertz CT molecular complexity index is 396. The molecule has 1 amide bonds. The van der Waals surface area contributed by atoms with Crippen LogP contribution in [0.1, 0.15) is 39.0 Å². The molecule has 0 spiro atoms. The molecule has 2 N–H and O–H groups in total. The zero-order chi connectivity index (χ0) is 16.5. The molecule has 7 heteroatoms. The first-order chi connectivity index (χ1) is 11.2. The monoisotopic (exact) mass is 452 g/mol. The van der Waals surface area contributed by atoms with E-state index in [0.29, 0.717) is 13.1 Å². The molecule has 1 saturated heterocycles. The van der Waals surface area contributed by atoms with Crippen LogP contribution >= 0.6 is 24.0 Å². The highest BCUT2D eigenvalue weighted by atomic mass is 127. The summed E-state index contributed by atoms with van der Waals surface area (Å²) in [4.78, 5) is 18.4. The van der Waals surface area contributed by atoms with Gasteiger partial charge in [0.2, 0.25) is 5.91 Å². The van der Waals surface area contributed by atoms with E-state index in [1.54, 1.807) is 0 Å². The number of amides is 1. The maximum atomic E-state index is 11.6. The first-order valence-corrected chi connectivity index (χ1v) is 9.05. The lowest BCUT2D eigenvalue weighted by molar-refractivity contribution is -0.122. The molecular weight excluding hydrogens is 419 g/mol. The second-order valence-corrected chi connectivity index (χ2v) is 6.57. The van der Waals surface area contributed by atoms with Crippen LogP contribution in [0.25, 0.3) is 0 Å². The Kier molecular flexibility index (Phi) is 10.6. The summed E-state index contributed by atoms with van der Waals surface area (Å²) >= 11 is 0. The number of hydrogen-bond acceptors (Lipinski definition) is 3. The number of rotatable bonds is 8. The molecule has 0 bridgehead atoms. The lowest BCUT2D eigenvalue weighted by Crippen LogP contribution is -2.40. The van der Waals surface area contributed by atoms with Crippen LogP contribution in [0.15, 0.2) is 4.99 Å². The van der Waals surface area contributed by atoms with Gasteiger partial charge in [0.15, 0.2) is 5.96 Å². The summed E-state index contributed by atoms with van der Waals surface area (Å²) in [5.41, 5.74) is 0. The molecule has 2 rings (SSSR count). The van der Waals surface area contributed by atoms with Crippen molar-refractivity contribution in [3.63, 3.8) is 0 Å². The Hall–Kier alpha value is -0.570. The molecule has 0 radical (unpaired) electrons. The normalized spacial score (nSPS) is 18.7. The number of nitrogens with zero attached hydrogens (tertiary/aromatic N) is 2. The maximum Gasteiger partial charge on any atom is 0.223 e. The molecule has 0 atom stereocenters. The fourth-order valence-electron chi connectivity index (χ4n) is 2.82. The molecule has 140 valence electrons. The Morgan fingerprint density at radius 1 is 1.21 bits per heavy atom. The molecule has 0 unspecified atom stereocenters. The van der Waals surface area contributed by atoms with E-state index in [2.05, 4.69) is 34.5 Å². The summed E-state index contributed by atoms with van der Waals surface area (Å²) in [6.45, 7) is 7.00. The van der Waals surface area contributed by atoms with Gasteiger partial charge in [0, 0.05) is 45.8 Å². The van der Waals surface area contributed by atoms with Crippen molar-refractivity contribution in [1.82, 2.24) is 15.5 Å². The molecule has 0 aromatic rings. The van der Waals surface area contributed by atoms with Crippen LogP contribution in [0, 0.1) is 11.8 Å². The van der Waals surface area contributed by atoms with Crippen LogP contribution in [-0.2, 0) is 9.53 Å². The maximum absolute atomic E-state index is 11.6. The Morgan fingerprint density at radius 2 is 1.92 bits per heavy atom. The highest BCUT2D eigenvalue weighted by Crippen LogP contribution is 2.28. The largest absolute Gasteiger partial charge is 0.381 e. The molecule has 0 aromatic heterocycles. The number of ether oxygens (including phenoxy) is 1. The molecule has 6 nitrogen and oxygen atoms in total. The van der Waals surface area contributed by atoms with Crippen molar-refractivity contribution in [2.24, 2.45) is 16.8 Å². The van der Waals surface area contributed by atoms with Crippen molar-refractivity contribution in [3.8, 4) is 0 Å². The molecule has 1 aliphatic carbocycles. The van der Waals surface area contributed by atoms with Crippen LogP contribution in [0.4, 0.5) is 0 Å². The summed E-state index contributed by atoms with van der Waals surface area (Å²) in [7, 11) is 2.09. The van der Waals surface area contributed by atoms with Gasteiger partial charge in [-0.3, -0.25) is 9.79 Å². The predicted octanol–water partition coefficient (Wildman–Crippen LogP) is 1.84. The van der Waals surface area contributed by atoms with Crippen molar-refractivity contribution in [2.45, 2.75) is 39.0 Å². The average molecular weight is 452 g/mol. The van der Waals surface area contributed by atoms with E-state index < -0.39 is 0 Å². The molecule has 0 aromatic carbocycles. The number of carbonyl (C=O) groups is 1. The Balaban J connectivity index is 0.00000288. The van der Waals surface area contributed by atoms with Crippen molar-refractivity contribution < 1.29 is 9.53 Å². The SMILES string of the molecule is CCNC(=NCCNC(=O)C1CC1)N(C)CCC1CCOCC1.I. The minimum Gasteiger partial charge on any atom is -0.381 e. The van der Waals surface area contributed by atoms with E-state index >= 15 is 0 Å². The fraction of sp³-hybridized carbons (Fsp3) is 0.882. The number of nitrogens with one attached hydrogen (secondary N) is 2. The standard InChI is InChI=1S/C17H32N4O2.HI/c1-3-18-17(20-10-9-19-16(22)15-4-5-15)21(2)11-6-14-7-12-23-13-8-14;/h14-15H,3-13H2,1-2H3,(H,18,20)(H,19,22);1H. The molecule has 1 heterocycles. The number of halogens is 1. The third-order valence-electron chi connectivity index (χ3n) is 4.53. The Labute approximate surface area is 163 Å². The van der Waals surface area contributed by atoms with E-state index in [1.165, 1.54) is 19.3 Å². The molecule has 1 aliphatic heterocycles. The van der Waals surface area contributed by atoms with Crippen molar-refractivity contribution in [3.05, 3.63) is 0 Å². The first-order valence-electron chi connectivity index (χ1n) is 9.05. The van der Waals surface area contributed by atoms with Gasteiger partial charge in [-0.05, 0) is 44.9 Å². The lowest BCUT2D eigenvalue weighted by atomic mass is 9.96. The quantitative estimate of drug-likeness (QED) is 0.255. The van der Waals surface area contributed by atoms with E-state index in [1.807, 2.05) is 0 Å². The first kappa shape index (κ1) is 21.5. The molecule has 24 heavy (non-hydrogen) atoms. The van der Waals surface area contributed by atoms with E-state index in [4.69, 9.17) is 4.74 Å². The summed E-state index contributed by atoms with van der Waals surface area (Å²) < 4.78 is 5.41. The summed E-state index contributed by atoms with van der Waals surface area (Å²) in [5.74, 6) is 2.17. The second-order valence-electron chi connectivity index (χ2n) is 6.57. The topological polar surface area (TPSA) is 66.0 Å². The highest BCUT2D eigenvalue weighted by molar-refractivity contribution is 14.0. The fourth-order valence-corrected chi connectivity index (χ4v) is 2.82. The second kappa shape index (κ2) is 11.9. The molecular formula is C17H33IN4O2. The zero-order valence-corrected chi connectivity index (χ0v) is 17.4.